The maximum atomic E-state index is 12.9. The molecular formula is C20H16N2O2. The SMILES string of the molecule is N#Cc1cccc(C(=O)N(Cc2ccccc2)Cc2ccco2)c1. The minimum absolute atomic E-state index is 0.132. The van der Waals surface area contributed by atoms with Gasteiger partial charge < -0.3 is 9.32 Å². The summed E-state index contributed by atoms with van der Waals surface area (Å²) in [5.74, 6) is 0.586. The minimum atomic E-state index is -0.132. The molecule has 0 saturated heterocycles. The van der Waals surface area contributed by atoms with Gasteiger partial charge >= 0.3 is 0 Å². The van der Waals surface area contributed by atoms with Crippen LogP contribution in [0.2, 0.25) is 0 Å². The second-order valence-corrected chi connectivity index (χ2v) is 5.42. The van der Waals surface area contributed by atoms with Crippen molar-refractivity contribution in [3.8, 4) is 6.07 Å². The van der Waals surface area contributed by atoms with Gasteiger partial charge in [-0.3, -0.25) is 4.79 Å². The summed E-state index contributed by atoms with van der Waals surface area (Å²) in [5.41, 5.74) is 2.00. The number of carbonyl (C=O) groups is 1. The molecule has 0 saturated carbocycles. The first-order chi connectivity index (χ1) is 11.8. The molecule has 3 rings (SSSR count). The monoisotopic (exact) mass is 316 g/mol. The number of amides is 1. The van der Waals surface area contributed by atoms with Crippen molar-refractivity contribution in [3.63, 3.8) is 0 Å². The Morgan fingerprint density at radius 3 is 2.54 bits per heavy atom. The van der Waals surface area contributed by atoms with E-state index in [1.807, 2.05) is 36.4 Å². The first-order valence-corrected chi connectivity index (χ1v) is 7.62. The van der Waals surface area contributed by atoms with Crippen molar-refractivity contribution in [2.24, 2.45) is 0 Å². The molecule has 118 valence electrons. The highest BCUT2D eigenvalue weighted by Gasteiger charge is 2.18. The first kappa shape index (κ1) is 15.6. The Morgan fingerprint density at radius 1 is 1.00 bits per heavy atom. The van der Waals surface area contributed by atoms with E-state index in [0.717, 1.165) is 11.3 Å². The fourth-order valence-electron chi connectivity index (χ4n) is 2.50. The van der Waals surface area contributed by atoms with Gasteiger partial charge in [0.2, 0.25) is 0 Å². The summed E-state index contributed by atoms with van der Waals surface area (Å²) in [6, 6.07) is 22.3. The molecule has 0 bridgehead atoms. The number of hydrogen-bond donors (Lipinski definition) is 0. The predicted octanol–water partition coefficient (Wildman–Crippen LogP) is 3.99. The summed E-state index contributed by atoms with van der Waals surface area (Å²) < 4.78 is 5.39. The summed E-state index contributed by atoms with van der Waals surface area (Å²) in [4.78, 5) is 14.6. The van der Waals surface area contributed by atoms with Crippen LogP contribution in [0.3, 0.4) is 0 Å². The summed E-state index contributed by atoms with van der Waals surface area (Å²) in [6.07, 6.45) is 1.59. The van der Waals surface area contributed by atoms with Crippen molar-refractivity contribution in [2.75, 3.05) is 0 Å². The van der Waals surface area contributed by atoms with Crippen molar-refractivity contribution >= 4 is 5.91 Å². The zero-order chi connectivity index (χ0) is 16.8. The molecule has 0 aliphatic rings. The highest BCUT2D eigenvalue weighted by Crippen LogP contribution is 2.15. The van der Waals surface area contributed by atoms with Crippen LogP contribution in [0.25, 0.3) is 0 Å². The summed E-state index contributed by atoms with van der Waals surface area (Å²) in [5, 5.41) is 9.04. The number of hydrogen-bond acceptors (Lipinski definition) is 3. The quantitative estimate of drug-likeness (QED) is 0.715. The van der Waals surface area contributed by atoms with Gasteiger partial charge in [-0.05, 0) is 35.9 Å². The molecule has 3 aromatic rings. The summed E-state index contributed by atoms with van der Waals surface area (Å²) >= 11 is 0. The Kier molecular flexibility index (Phi) is 4.73. The molecule has 0 spiro atoms. The Morgan fingerprint density at radius 2 is 1.83 bits per heavy atom. The Labute approximate surface area is 140 Å². The van der Waals surface area contributed by atoms with Crippen LogP contribution in [0.4, 0.5) is 0 Å². The van der Waals surface area contributed by atoms with Gasteiger partial charge in [-0.2, -0.15) is 5.26 Å². The van der Waals surface area contributed by atoms with Crippen LogP contribution in [0.5, 0.6) is 0 Å². The standard InChI is InChI=1S/C20H16N2O2/c21-13-17-8-4-9-18(12-17)20(23)22(15-19-10-5-11-24-19)14-16-6-2-1-3-7-16/h1-12H,14-15H2. The molecule has 0 aliphatic heterocycles. The molecule has 2 aromatic carbocycles. The number of rotatable bonds is 5. The smallest absolute Gasteiger partial charge is 0.254 e. The zero-order valence-electron chi connectivity index (χ0n) is 13.1. The van der Waals surface area contributed by atoms with E-state index < -0.39 is 0 Å². The van der Waals surface area contributed by atoms with Crippen LogP contribution in [-0.4, -0.2) is 10.8 Å². The van der Waals surface area contributed by atoms with Crippen LogP contribution >= 0.6 is 0 Å². The third-order valence-corrected chi connectivity index (χ3v) is 3.67. The average molecular weight is 316 g/mol. The van der Waals surface area contributed by atoms with E-state index >= 15 is 0 Å². The fourth-order valence-corrected chi connectivity index (χ4v) is 2.50. The van der Waals surface area contributed by atoms with Crippen LogP contribution in [0, 0.1) is 11.3 Å². The molecule has 4 nitrogen and oxygen atoms in total. The first-order valence-electron chi connectivity index (χ1n) is 7.62. The van der Waals surface area contributed by atoms with E-state index in [0.29, 0.717) is 24.2 Å². The number of nitrogens with zero attached hydrogens (tertiary/aromatic N) is 2. The highest BCUT2D eigenvalue weighted by atomic mass is 16.3. The lowest BCUT2D eigenvalue weighted by atomic mass is 10.1. The number of nitriles is 1. The van der Waals surface area contributed by atoms with Gasteiger partial charge in [-0.25, -0.2) is 0 Å². The predicted molar refractivity (Wildman–Crippen MR) is 89.9 cm³/mol. The second-order valence-electron chi connectivity index (χ2n) is 5.42. The molecule has 1 heterocycles. The molecule has 1 aromatic heterocycles. The highest BCUT2D eigenvalue weighted by molar-refractivity contribution is 5.94. The largest absolute Gasteiger partial charge is 0.467 e. The van der Waals surface area contributed by atoms with E-state index in [-0.39, 0.29) is 5.91 Å². The average Bonchev–Trinajstić information content (AvgIpc) is 3.14. The number of carbonyl (C=O) groups excluding carboxylic acids is 1. The van der Waals surface area contributed by atoms with Crippen LogP contribution in [0.15, 0.2) is 77.4 Å². The number of benzene rings is 2. The van der Waals surface area contributed by atoms with Gasteiger partial charge in [0.1, 0.15) is 5.76 Å². The normalized spacial score (nSPS) is 10.1. The third-order valence-electron chi connectivity index (χ3n) is 3.67. The van der Waals surface area contributed by atoms with Crippen molar-refractivity contribution in [1.29, 1.82) is 5.26 Å². The van der Waals surface area contributed by atoms with Crippen molar-refractivity contribution in [2.45, 2.75) is 13.1 Å². The minimum Gasteiger partial charge on any atom is -0.467 e. The molecule has 4 heteroatoms. The van der Waals surface area contributed by atoms with Gasteiger partial charge in [0, 0.05) is 12.1 Å². The Hall–Kier alpha value is -3.32. The molecule has 0 N–H and O–H groups in total. The lowest BCUT2D eigenvalue weighted by Crippen LogP contribution is -2.30. The molecular weight excluding hydrogens is 300 g/mol. The molecule has 1 amide bonds. The van der Waals surface area contributed by atoms with Gasteiger partial charge in [0.25, 0.3) is 5.91 Å². The van der Waals surface area contributed by atoms with Gasteiger partial charge in [-0.15, -0.1) is 0 Å². The van der Waals surface area contributed by atoms with E-state index in [1.165, 1.54) is 0 Å². The number of furan rings is 1. The molecule has 0 aliphatic carbocycles. The molecule has 0 fully saturated rings. The molecule has 0 atom stereocenters. The van der Waals surface area contributed by atoms with Crippen molar-refractivity contribution < 1.29 is 9.21 Å². The molecule has 0 unspecified atom stereocenters. The van der Waals surface area contributed by atoms with E-state index in [1.54, 1.807) is 41.5 Å². The van der Waals surface area contributed by atoms with Crippen LogP contribution in [-0.2, 0) is 13.1 Å². The molecule has 24 heavy (non-hydrogen) atoms. The fraction of sp³-hybridized carbons (Fsp3) is 0.100. The lowest BCUT2D eigenvalue weighted by Gasteiger charge is -2.22. The van der Waals surface area contributed by atoms with E-state index in [9.17, 15) is 4.79 Å². The van der Waals surface area contributed by atoms with E-state index in [2.05, 4.69) is 6.07 Å². The summed E-state index contributed by atoms with van der Waals surface area (Å²) in [6.45, 7) is 0.842. The second kappa shape index (κ2) is 7.30. The Bertz CT molecular complexity index is 849. The Balaban J connectivity index is 1.87. The van der Waals surface area contributed by atoms with Gasteiger partial charge in [0.15, 0.2) is 0 Å². The van der Waals surface area contributed by atoms with Crippen LogP contribution in [0.1, 0.15) is 27.2 Å². The summed E-state index contributed by atoms with van der Waals surface area (Å²) in [7, 11) is 0. The maximum absolute atomic E-state index is 12.9. The third kappa shape index (κ3) is 3.71. The van der Waals surface area contributed by atoms with Crippen LogP contribution < -0.4 is 0 Å². The van der Waals surface area contributed by atoms with E-state index in [4.69, 9.17) is 9.68 Å². The van der Waals surface area contributed by atoms with Crippen molar-refractivity contribution in [1.82, 2.24) is 4.90 Å². The maximum Gasteiger partial charge on any atom is 0.254 e. The molecule has 0 radical (unpaired) electrons. The van der Waals surface area contributed by atoms with Gasteiger partial charge in [-0.1, -0.05) is 36.4 Å². The van der Waals surface area contributed by atoms with Gasteiger partial charge in [0.05, 0.1) is 24.4 Å². The zero-order valence-corrected chi connectivity index (χ0v) is 13.1. The topological polar surface area (TPSA) is 57.2 Å². The van der Waals surface area contributed by atoms with Crippen molar-refractivity contribution in [3.05, 3.63) is 95.4 Å². The lowest BCUT2D eigenvalue weighted by molar-refractivity contribution is 0.0717.